The van der Waals surface area contributed by atoms with E-state index in [0.29, 0.717) is 13.0 Å². The van der Waals surface area contributed by atoms with Crippen LogP contribution >= 0.6 is 0 Å². The van der Waals surface area contributed by atoms with Gasteiger partial charge in [-0.2, -0.15) is 0 Å². The minimum Gasteiger partial charge on any atom is -0.485 e. The van der Waals surface area contributed by atoms with E-state index in [-0.39, 0.29) is 22.8 Å². The van der Waals surface area contributed by atoms with Crippen LogP contribution in [0.25, 0.3) is 0 Å². The molecule has 206 valence electrons. The van der Waals surface area contributed by atoms with Gasteiger partial charge in [0.1, 0.15) is 18.3 Å². The quantitative estimate of drug-likeness (QED) is 0.443. The minimum atomic E-state index is -1.30. The van der Waals surface area contributed by atoms with Crippen molar-refractivity contribution >= 4 is 0 Å². The third kappa shape index (κ3) is 3.03. The lowest BCUT2D eigenvalue weighted by molar-refractivity contribution is -0.237. The van der Waals surface area contributed by atoms with E-state index in [9.17, 15) is 10.2 Å². The van der Waals surface area contributed by atoms with E-state index < -0.39 is 17.3 Å². The number of likely N-dealkylation sites (tertiary alicyclic amines) is 1. The summed E-state index contributed by atoms with van der Waals surface area (Å²) in [4.78, 5) is 2.51. The summed E-state index contributed by atoms with van der Waals surface area (Å²) in [6, 6.07) is 24.9. The Hall–Kier alpha value is -3.12. The summed E-state index contributed by atoms with van der Waals surface area (Å²) in [6.45, 7) is 3.32. The van der Waals surface area contributed by atoms with E-state index in [1.807, 2.05) is 49.4 Å². The summed E-state index contributed by atoms with van der Waals surface area (Å²) in [6.07, 6.45) is 6.88. The van der Waals surface area contributed by atoms with E-state index in [1.165, 1.54) is 11.1 Å². The summed E-state index contributed by atoms with van der Waals surface area (Å²) in [5.41, 5.74) is 1.73. The highest BCUT2D eigenvalue weighted by Crippen LogP contribution is 2.75. The highest BCUT2D eigenvalue weighted by molar-refractivity contribution is 5.65. The first kappa shape index (κ1) is 24.7. The lowest BCUT2D eigenvalue weighted by Gasteiger charge is -2.71. The number of rotatable bonds is 6. The fraction of sp³-hybridized carbons (Fsp3) is 0.429. The highest BCUT2D eigenvalue weighted by atomic mass is 16.5. The molecule has 40 heavy (non-hydrogen) atoms. The van der Waals surface area contributed by atoms with Gasteiger partial charge >= 0.3 is 0 Å². The van der Waals surface area contributed by atoms with Crippen LogP contribution in [0.15, 0.2) is 84.9 Å². The summed E-state index contributed by atoms with van der Waals surface area (Å²) in [5, 5.41) is 24.9. The summed E-state index contributed by atoms with van der Waals surface area (Å²) < 4.78 is 13.4. The first-order valence-corrected chi connectivity index (χ1v) is 14.7. The van der Waals surface area contributed by atoms with Crippen LogP contribution in [-0.2, 0) is 24.9 Å². The third-order valence-electron chi connectivity index (χ3n) is 11.1. The molecule has 3 aromatic rings. The number of ether oxygens (including phenoxy) is 2. The molecule has 2 N–H and O–H groups in total. The summed E-state index contributed by atoms with van der Waals surface area (Å²) in [7, 11) is 2.24. The monoisotopic (exact) mass is 535 g/mol. The Morgan fingerprint density at radius 1 is 1.00 bits per heavy atom. The van der Waals surface area contributed by atoms with Gasteiger partial charge in [0.15, 0.2) is 11.5 Å². The molecule has 2 aliphatic heterocycles. The molecule has 1 unspecified atom stereocenters. The highest BCUT2D eigenvalue weighted by Gasteiger charge is 2.79. The first-order chi connectivity index (χ1) is 19.3. The molecular formula is C35H37NO4. The van der Waals surface area contributed by atoms with Gasteiger partial charge in [0, 0.05) is 29.4 Å². The molecule has 9 rings (SSSR count). The van der Waals surface area contributed by atoms with Crippen molar-refractivity contribution in [2.24, 2.45) is 11.3 Å². The number of hydrogen-bond donors (Lipinski definition) is 2. The number of aliphatic hydroxyl groups is 2. The van der Waals surface area contributed by atoms with Gasteiger partial charge < -0.3 is 24.6 Å². The Labute approximate surface area is 236 Å². The van der Waals surface area contributed by atoms with Crippen molar-refractivity contribution < 1.29 is 19.7 Å². The summed E-state index contributed by atoms with van der Waals surface area (Å²) >= 11 is 0. The van der Waals surface area contributed by atoms with Crippen LogP contribution in [0.2, 0.25) is 0 Å². The maximum Gasteiger partial charge on any atom is 0.166 e. The van der Waals surface area contributed by atoms with Gasteiger partial charge in [-0.25, -0.2) is 0 Å². The SMILES string of the molecule is CN1CC[C@]23c4c5ccc(OCc6ccccc6)c4O[C@H]2[C@@]2(O)C=C[C@@]3(CC2[C@](C)(O)Cc2ccccc2)[C@H]1C5. The molecule has 0 amide bonds. The molecule has 5 heteroatoms. The van der Waals surface area contributed by atoms with Crippen LogP contribution < -0.4 is 9.47 Å². The summed E-state index contributed by atoms with van der Waals surface area (Å²) in [5.74, 6) is 1.17. The minimum absolute atomic E-state index is 0.239. The Morgan fingerprint density at radius 2 is 1.73 bits per heavy atom. The lowest BCUT2D eigenvalue weighted by Crippen LogP contribution is -2.80. The lowest BCUT2D eigenvalue weighted by atomic mass is 9.36. The van der Waals surface area contributed by atoms with E-state index in [0.717, 1.165) is 48.4 Å². The number of fused-ring (bicyclic) bond motifs is 1. The van der Waals surface area contributed by atoms with Gasteiger partial charge in [0.05, 0.1) is 11.0 Å². The molecule has 4 bridgehead atoms. The number of benzene rings is 3. The zero-order valence-corrected chi connectivity index (χ0v) is 23.2. The average molecular weight is 536 g/mol. The van der Waals surface area contributed by atoms with Crippen molar-refractivity contribution in [3.05, 3.63) is 107 Å². The molecule has 1 saturated heterocycles. The van der Waals surface area contributed by atoms with Crippen LogP contribution in [-0.4, -0.2) is 52.1 Å². The Kier molecular flexibility index (Phi) is 5.07. The smallest absolute Gasteiger partial charge is 0.166 e. The zero-order chi connectivity index (χ0) is 27.3. The second-order valence-corrected chi connectivity index (χ2v) is 13.2. The van der Waals surface area contributed by atoms with Gasteiger partial charge in [0.2, 0.25) is 0 Å². The van der Waals surface area contributed by atoms with E-state index in [2.05, 4.69) is 54.4 Å². The molecule has 4 aliphatic carbocycles. The number of hydrogen-bond acceptors (Lipinski definition) is 5. The molecule has 2 spiro atoms. The van der Waals surface area contributed by atoms with Gasteiger partial charge in [0.25, 0.3) is 0 Å². The van der Waals surface area contributed by atoms with Crippen LogP contribution in [0, 0.1) is 11.3 Å². The Bertz CT molecular complexity index is 1500. The molecule has 0 radical (unpaired) electrons. The second kappa shape index (κ2) is 8.22. The molecule has 0 aromatic heterocycles. The average Bonchev–Trinajstić information content (AvgIpc) is 3.33. The van der Waals surface area contributed by atoms with Crippen molar-refractivity contribution in [1.29, 1.82) is 0 Å². The van der Waals surface area contributed by atoms with Crippen molar-refractivity contribution in [3.8, 4) is 11.5 Å². The van der Waals surface area contributed by atoms with Crippen molar-refractivity contribution in [2.45, 2.75) is 68.0 Å². The maximum atomic E-state index is 12.7. The number of piperidine rings is 1. The largest absolute Gasteiger partial charge is 0.485 e. The molecule has 6 aliphatic rings. The van der Waals surface area contributed by atoms with Gasteiger partial charge in [-0.1, -0.05) is 78.9 Å². The van der Waals surface area contributed by atoms with Crippen LogP contribution in [0.1, 0.15) is 42.0 Å². The van der Waals surface area contributed by atoms with Crippen molar-refractivity contribution in [3.63, 3.8) is 0 Å². The topological polar surface area (TPSA) is 62.2 Å². The molecule has 7 atom stereocenters. The molecule has 2 fully saturated rings. The Morgan fingerprint density at radius 3 is 2.48 bits per heavy atom. The maximum absolute atomic E-state index is 12.7. The normalized spacial score (nSPS) is 36.0. The number of likely N-dealkylation sites (N-methyl/N-ethyl adjacent to an activating group) is 1. The molecule has 2 heterocycles. The van der Waals surface area contributed by atoms with Gasteiger partial charge in [-0.05, 0) is 62.5 Å². The molecule has 1 saturated carbocycles. The predicted molar refractivity (Wildman–Crippen MR) is 153 cm³/mol. The standard InChI is InChI=1S/C35H37NO4/c1-32(37,20-23-9-5-3-6-10-23)27-21-33-15-16-35(27,38)31-34(33)17-18-36(2)28(33)19-25-13-14-26(30(40-31)29(25)34)39-22-24-11-7-4-8-12-24/h3-16,27-28,31,37-38H,17-22H2,1-2H3/t27?,28-,31-,32-,33-,34+,35-/m1/s1. The van der Waals surface area contributed by atoms with E-state index in [1.54, 1.807) is 0 Å². The fourth-order valence-corrected chi connectivity index (χ4v) is 9.45. The molecule has 5 nitrogen and oxygen atoms in total. The molecule has 3 aromatic carbocycles. The van der Waals surface area contributed by atoms with Crippen LogP contribution in [0.3, 0.4) is 0 Å². The van der Waals surface area contributed by atoms with Crippen LogP contribution in [0.5, 0.6) is 11.5 Å². The Balaban J connectivity index is 1.25. The fourth-order valence-electron chi connectivity index (χ4n) is 9.45. The van der Waals surface area contributed by atoms with Gasteiger partial charge in [-0.3, -0.25) is 0 Å². The van der Waals surface area contributed by atoms with Crippen molar-refractivity contribution in [1.82, 2.24) is 4.90 Å². The zero-order valence-electron chi connectivity index (χ0n) is 23.2. The first-order valence-electron chi connectivity index (χ1n) is 14.7. The molecular weight excluding hydrogens is 498 g/mol. The van der Waals surface area contributed by atoms with Crippen LogP contribution in [0.4, 0.5) is 0 Å². The second-order valence-electron chi connectivity index (χ2n) is 13.2. The third-order valence-corrected chi connectivity index (χ3v) is 11.1. The van der Waals surface area contributed by atoms with E-state index >= 15 is 0 Å². The van der Waals surface area contributed by atoms with E-state index in [4.69, 9.17) is 9.47 Å². The predicted octanol–water partition coefficient (Wildman–Crippen LogP) is 4.83. The van der Waals surface area contributed by atoms with Gasteiger partial charge in [-0.15, -0.1) is 0 Å². The van der Waals surface area contributed by atoms with Crippen molar-refractivity contribution in [2.75, 3.05) is 13.6 Å². The number of nitrogens with zero attached hydrogens (tertiary/aromatic N) is 1.